The zero-order valence-electron chi connectivity index (χ0n) is 22.0. The number of benzene rings is 3. The first-order valence-corrected chi connectivity index (χ1v) is 14.0. The van der Waals surface area contributed by atoms with Crippen molar-refractivity contribution in [1.82, 2.24) is 10.2 Å². The summed E-state index contributed by atoms with van der Waals surface area (Å²) >= 11 is 0. The molecule has 1 unspecified atom stereocenters. The van der Waals surface area contributed by atoms with Crippen molar-refractivity contribution < 1.29 is 28.2 Å². The van der Waals surface area contributed by atoms with E-state index in [1.54, 1.807) is 18.2 Å². The summed E-state index contributed by atoms with van der Waals surface area (Å²) in [7, 11) is 0. The van der Waals surface area contributed by atoms with Gasteiger partial charge in [0.05, 0.1) is 11.3 Å². The first-order valence-electron chi connectivity index (χ1n) is 14.0. The summed E-state index contributed by atoms with van der Waals surface area (Å²) in [6.45, 7) is 1.53. The Hall–Kier alpha value is -3.98. The van der Waals surface area contributed by atoms with Gasteiger partial charge in [-0.3, -0.25) is 29.5 Å². The SMILES string of the molecule is O=C1CCC(N2C(=O)c3ccc(O[C@@H]4CCCC[C@H]4N4CC(Oc5cccc(F)c5)C4)c4cccc2c34)C(=O)N1. The first kappa shape index (κ1) is 25.0. The van der Waals surface area contributed by atoms with Gasteiger partial charge < -0.3 is 9.47 Å². The number of piperidine rings is 1. The fraction of sp³-hybridized carbons (Fsp3) is 0.387. The molecule has 1 saturated carbocycles. The van der Waals surface area contributed by atoms with Crippen molar-refractivity contribution >= 4 is 34.2 Å². The van der Waals surface area contributed by atoms with Crippen LogP contribution < -0.4 is 19.7 Å². The predicted octanol–water partition coefficient (Wildman–Crippen LogP) is 4.20. The molecule has 8 nitrogen and oxygen atoms in total. The van der Waals surface area contributed by atoms with Crippen LogP contribution in [0, 0.1) is 5.82 Å². The number of amides is 3. The highest BCUT2D eigenvalue weighted by Crippen LogP contribution is 2.44. The Balaban J connectivity index is 1.10. The van der Waals surface area contributed by atoms with Gasteiger partial charge in [0.2, 0.25) is 11.8 Å². The van der Waals surface area contributed by atoms with Crippen LogP contribution in [-0.2, 0) is 9.59 Å². The Labute approximate surface area is 231 Å². The minimum atomic E-state index is -0.718. The molecular formula is C31H30FN3O5. The van der Waals surface area contributed by atoms with Crippen molar-refractivity contribution in [2.24, 2.45) is 0 Å². The molecule has 1 N–H and O–H groups in total. The number of hydrogen-bond acceptors (Lipinski definition) is 6. The lowest BCUT2D eigenvalue weighted by molar-refractivity contribution is -0.134. The van der Waals surface area contributed by atoms with Crippen LogP contribution in [0.5, 0.6) is 11.5 Å². The number of likely N-dealkylation sites (tertiary alicyclic amines) is 1. The maximum Gasteiger partial charge on any atom is 0.259 e. The van der Waals surface area contributed by atoms with Crippen LogP contribution in [0.25, 0.3) is 10.8 Å². The van der Waals surface area contributed by atoms with Crippen LogP contribution >= 0.6 is 0 Å². The quantitative estimate of drug-likeness (QED) is 0.469. The summed E-state index contributed by atoms with van der Waals surface area (Å²) in [5.41, 5.74) is 1.22. The molecule has 0 radical (unpaired) electrons. The van der Waals surface area contributed by atoms with E-state index in [9.17, 15) is 18.8 Å². The lowest BCUT2D eigenvalue weighted by Gasteiger charge is -2.47. The molecule has 9 heteroatoms. The Morgan fingerprint density at radius 2 is 1.73 bits per heavy atom. The third kappa shape index (κ3) is 4.29. The van der Waals surface area contributed by atoms with E-state index in [0.29, 0.717) is 23.4 Å². The van der Waals surface area contributed by atoms with Crippen LogP contribution in [0.1, 0.15) is 48.9 Å². The summed E-state index contributed by atoms with van der Waals surface area (Å²) < 4.78 is 26.2. The van der Waals surface area contributed by atoms with E-state index in [0.717, 1.165) is 55.3 Å². The molecule has 0 bridgehead atoms. The topological polar surface area (TPSA) is 88.2 Å². The summed E-state index contributed by atoms with van der Waals surface area (Å²) in [6.07, 6.45) is 4.69. The third-order valence-corrected chi connectivity index (χ3v) is 8.60. The van der Waals surface area contributed by atoms with Gasteiger partial charge in [0.25, 0.3) is 5.91 Å². The van der Waals surface area contributed by atoms with Crippen molar-refractivity contribution in [3.63, 3.8) is 0 Å². The van der Waals surface area contributed by atoms with Crippen molar-refractivity contribution in [2.75, 3.05) is 18.0 Å². The van der Waals surface area contributed by atoms with Crippen LogP contribution in [0.15, 0.2) is 54.6 Å². The molecule has 3 heterocycles. The molecule has 2 saturated heterocycles. The number of hydrogen-bond donors (Lipinski definition) is 1. The summed E-state index contributed by atoms with van der Waals surface area (Å²) in [4.78, 5) is 41.7. The predicted molar refractivity (Wildman–Crippen MR) is 146 cm³/mol. The number of imide groups is 1. The maximum absolute atomic E-state index is 13.5. The number of halogens is 1. The zero-order chi connectivity index (χ0) is 27.4. The summed E-state index contributed by atoms with van der Waals surface area (Å²) in [5, 5.41) is 4.00. The number of rotatable bonds is 6. The molecule has 0 aromatic heterocycles. The number of nitrogens with one attached hydrogen (secondary N) is 1. The van der Waals surface area contributed by atoms with E-state index in [1.807, 2.05) is 24.3 Å². The Morgan fingerprint density at radius 3 is 2.55 bits per heavy atom. The van der Waals surface area contributed by atoms with Gasteiger partial charge in [0, 0.05) is 42.4 Å². The fourth-order valence-electron chi connectivity index (χ4n) is 6.66. The van der Waals surface area contributed by atoms with Gasteiger partial charge in [-0.2, -0.15) is 0 Å². The average Bonchev–Trinajstić information content (AvgIpc) is 3.20. The van der Waals surface area contributed by atoms with E-state index in [4.69, 9.17) is 9.47 Å². The van der Waals surface area contributed by atoms with Gasteiger partial charge >= 0.3 is 0 Å². The molecule has 3 amide bonds. The second kappa shape index (κ2) is 9.89. The number of anilines is 1. The number of carbonyl (C=O) groups excluding carboxylic acids is 3. The zero-order valence-corrected chi connectivity index (χ0v) is 22.0. The molecule has 206 valence electrons. The van der Waals surface area contributed by atoms with Crippen molar-refractivity contribution in [2.45, 2.75) is 62.8 Å². The molecule has 3 fully saturated rings. The lowest BCUT2D eigenvalue weighted by atomic mass is 9.89. The van der Waals surface area contributed by atoms with Crippen LogP contribution in [-0.4, -0.2) is 60.0 Å². The third-order valence-electron chi connectivity index (χ3n) is 8.60. The van der Waals surface area contributed by atoms with Crippen molar-refractivity contribution in [1.29, 1.82) is 0 Å². The monoisotopic (exact) mass is 543 g/mol. The molecule has 4 aliphatic rings. The second-order valence-electron chi connectivity index (χ2n) is 11.1. The number of nitrogens with zero attached hydrogens (tertiary/aromatic N) is 2. The van der Waals surface area contributed by atoms with E-state index < -0.39 is 11.9 Å². The second-order valence-corrected chi connectivity index (χ2v) is 11.1. The van der Waals surface area contributed by atoms with Crippen molar-refractivity contribution in [3.05, 3.63) is 66.0 Å². The molecule has 7 rings (SSSR count). The first-order chi connectivity index (χ1) is 19.5. The summed E-state index contributed by atoms with van der Waals surface area (Å²) in [5.74, 6) is -0.00615. The highest BCUT2D eigenvalue weighted by Gasteiger charge is 2.42. The van der Waals surface area contributed by atoms with E-state index in [1.165, 1.54) is 17.0 Å². The minimum absolute atomic E-state index is 0.00994. The molecule has 0 spiro atoms. The van der Waals surface area contributed by atoms with Gasteiger partial charge in [-0.15, -0.1) is 0 Å². The largest absolute Gasteiger partial charge is 0.488 e. The van der Waals surface area contributed by atoms with Crippen LogP contribution in [0.4, 0.5) is 10.1 Å². The lowest BCUT2D eigenvalue weighted by Crippen LogP contribution is -2.62. The van der Waals surface area contributed by atoms with Crippen LogP contribution in [0.3, 0.4) is 0 Å². The summed E-state index contributed by atoms with van der Waals surface area (Å²) in [6, 6.07) is 15.1. The van der Waals surface area contributed by atoms with Gasteiger partial charge in [-0.1, -0.05) is 24.6 Å². The Kier molecular flexibility index (Phi) is 6.19. The Bertz CT molecular complexity index is 1520. The average molecular weight is 544 g/mol. The Morgan fingerprint density at radius 1 is 0.900 bits per heavy atom. The smallest absolute Gasteiger partial charge is 0.259 e. The van der Waals surface area contributed by atoms with E-state index in [2.05, 4.69) is 10.2 Å². The van der Waals surface area contributed by atoms with Gasteiger partial charge in [-0.25, -0.2) is 4.39 Å². The molecule has 3 aromatic carbocycles. The van der Waals surface area contributed by atoms with Crippen LogP contribution in [0.2, 0.25) is 0 Å². The number of carbonyl (C=O) groups is 3. The highest BCUT2D eigenvalue weighted by molar-refractivity contribution is 6.27. The molecule has 3 aromatic rings. The fourth-order valence-corrected chi connectivity index (χ4v) is 6.66. The maximum atomic E-state index is 13.5. The molecule has 3 atom stereocenters. The minimum Gasteiger partial charge on any atom is -0.488 e. The molecule has 40 heavy (non-hydrogen) atoms. The normalized spacial score (nSPS) is 25.2. The van der Waals surface area contributed by atoms with E-state index in [-0.39, 0.29) is 42.3 Å². The number of ether oxygens (including phenoxy) is 2. The standard InChI is InChI=1S/C31H30FN3O5/c32-18-5-3-6-19(15-18)39-20-16-34(17-20)23-8-1-2-10-27(23)40-26-13-11-22-29-21(26)7-4-9-24(29)35(31(22)38)25-12-14-28(36)33-30(25)37/h3-7,9,11,13,15,20,23,25,27H,1-2,8,10,12,14,16-17H2,(H,33,36,37)/t23-,25?,27-/m1/s1. The van der Waals surface area contributed by atoms with Gasteiger partial charge in [-0.05, 0) is 56.0 Å². The van der Waals surface area contributed by atoms with Crippen molar-refractivity contribution in [3.8, 4) is 11.5 Å². The van der Waals surface area contributed by atoms with E-state index >= 15 is 0 Å². The molecule has 3 aliphatic heterocycles. The van der Waals surface area contributed by atoms with Gasteiger partial charge in [0.15, 0.2) is 0 Å². The van der Waals surface area contributed by atoms with Gasteiger partial charge in [0.1, 0.15) is 35.6 Å². The molecular weight excluding hydrogens is 513 g/mol. The highest BCUT2D eigenvalue weighted by atomic mass is 19.1. The molecule has 1 aliphatic carbocycles.